The van der Waals surface area contributed by atoms with E-state index in [2.05, 4.69) is 13.8 Å². The number of aliphatic hydroxyl groups is 1. The normalized spacial score (nSPS) is 67.8. The molecule has 0 bridgehead atoms. The van der Waals surface area contributed by atoms with Crippen LogP contribution in [0.4, 0.5) is 0 Å². The van der Waals surface area contributed by atoms with Gasteiger partial charge in [-0.1, -0.05) is 13.3 Å². The number of hydrogen-bond acceptors (Lipinski definition) is 1. The molecule has 3 saturated carbocycles. The van der Waals surface area contributed by atoms with Gasteiger partial charge in [-0.25, -0.2) is 0 Å². The van der Waals surface area contributed by atoms with E-state index in [0.29, 0.717) is 11.3 Å². The first-order chi connectivity index (χ1) is 5.57. The predicted molar refractivity (Wildman–Crippen MR) is 47.7 cm³/mol. The van der Waals surface area contributed by atoms with Crippen LogP contribution in [-0.4, -0.2) is 10.7 Å². The number of fused-ring (bicyclic) bond motifs is 1. The van der Waals surface area contributed by atoms with Crippen LogP contribution in [0.5, 0.6) is 0 Å². The summed E-state index contributed by atoms with van der Waals surface area (Å²) in [6.45, 7) is 4.47. The first-order valence-corrected chi connectivity index (χ1v) is 5.29. The molecule has 1 heteroatoms. The summed E-state index contributed by atoms with van der Waals surface area (Å²) in [7, 11) is 0. The molecular formula is C11H18O. The molecule has 68 valence electrons. The zero-order valence-corrected chi connectivity index (χ0v) is 8.01. The molecule has 0 amide bonds. The highest BCUT2D eigenvalue weighted by Crippen LogP contribution is 2.78. The number of rotatable bonds is 0. The quantitative estimate of drug-likeness (QED) is 0.585. The molecule has 0 radical (unpaired) electrons. The summed E-state index contributed by atoms with van der Waals surface area (Å²) in [6, 6.07) is 0. The van der Waals surface area contributed by atoms with Gasteiger partial charge < -0.3 is 5.11 Å². The molecular weight excluding hydrogens is 148 g/mol. The van der Waals surface area contributed by atoms with Gasteiger partial charge >= 0.3 is 0 Å². The molecule has 3 aliphatic carbocycles. The van der Waals surface area contributed by atoms with Crippen molar-refractivity contribution in [1.29, 1.82) is 0 Å². The average molecular weight is 166 g/mol. The summed E-state index contributed by atoms with van der Waals surface area (Å²) >= 11 is 0. The van der Waals surface area contributed by atoms with E-state index in [-0.39, 0.29) is 5.60 Å². The van der Waals surface area contributed by atoms with Crippen molar-refractivity contribution >= 4 is 0 Å². The summed E-state index contributed by atoms with van der Waals surface area (Å²) < 4.78 is 0. The van der Waals surface area contributed by atoms with Crippen molar-refractivity contribution in [2.24, 2.45) is 23.2 Å². The smallest absolute Gasteiger partial charge is 0.0658 e. The molecule has 3 fully saturated rings. The third kappa shape index (κ3) is 0.585. The van der Waals surface area contributed by atoms with Crippen molar-refractivity contribution in [1.82, 2.24) is 0 Å². The summed E-state index contributed by atoms with van der Waals surface area (Å²) in [5, 5.41) is 10.2. The minimum atomic E-state index is -0.315. The van der Waals surface area contributed by atoms with Gasteiger partial charge in [-0.3, -0.25) is 0 Å². The molecule has 3 aliphatic rings. The summed E-state index contributed by atoms with van der Waals surface area (Å²) in [6.07, 6.45) is 5.25. The lowest BCUT2D eigenvalue weighted by atomic mass is 9.77. The molecule has 0 saturated heterocycles. The molecule has 0 aromatic carbocycles. The van der Waals surface area contributed by atoms with Gasteiger partial charge in [0.15, 0.2) is 0 Å². The second-order valence-corrected chi connectivity index (χ2v) is 5.64. The Morgan fingerprint density at radius 3 is 2.58 bits per heavy atom. The van der Waals surface area contributed by atoms with Gasteiger partial charge in [-0.05, 0) is 49.4 Å². The molecule has 5 atom stereocenters. The lowest BCUT2D eigenvalue weighted by Gasteiger charge is -2.30. The zero-order valence-electron chi connectivity index (χ0n) is 8.01. The van der Waals surface area contributed by atoms with E-state index in [1.807, 2.05) is 0 Å². The Bertz CT molecular complexity index is 233. The van der Waals surface area contributed by atoms with Crippen molar-refractivity contribution in [3.8, 4) is 0 Å². The zero-order chi connectivity index (χ0) is 8.56. The number of hydrogen-bond donors (Lipinski definition) is 1. The van der Waals surface area contributed by atoms with Crippen molar-refractivity contribution in [3.63, 3.8) is 0 Å². The van der Waals surface area contributed by atoms with E-state index >= 15 is 0 Å². The van der Waals surface area contributed by atoms with Crippen LogP contribution < -0.4 is 0 Å². The summed E-state index contributed by atoms with van der Waals surface area (Å²) in [5.74, 6) is 2.37. The van der Waals surface area contributed by atoms with E-state index < -0.39 is 0 Å². The first kappa shape index (κ1) is 7.37. The fraction of sp³-hybridized carbons (Fsp3) is 1.00. The van der Waals surface area contributed by atoms with Crippen LogP contribution in [0.2, 0.25) is 0 Å². The largest absolute Gasteiger partial charge is 0.390 e. The van der Waals surface area contributed by atoms with Crippen LogP contribution in [0.25, 0.3) is 0 Å². The van der Waals surface area contributed by atoms with Crippen LogP contribution in [0.3, 0.4) is 0 Å². The third-order valence-corrected chi connectivity index (χ3v) is 5.04. The molecule has 1 nitrogen and oxygen atoms in total. The minimum Gasteiger partial charge on any atom is -0.390 e. The van der Waals surface area contributed by atoms with Crippen molar-refractivity contribution < 1.29 is 5.11 Å². The van der Waals surface area contributed by atoms with Gasteiger partial charge in [0.1, 0.15) is 0 Å². The molecule has 0 aromatic rings. The lowest BCUT2D eigenvalue weighted by molar-refractivity contribution is 0.0232. The SMILES string of the molecule is C[C@]12C3CCC[C@@H]1[C@@H]2[C@@](C)(O)C3. The Balaban J connectivity index is 2.00. The van der Waals surface area contributed by atoms with Crippen LogP contribution >= 0.6 is 0 Å². The molecule has 3 rings (SSSR count). The predicted octanol–water partition coefficient (Wildman–Crippen LogP) is 2.19. The van der Waals surface area contributed by atoms with Crippen LogP contribution in [0.15, 0.2) is 0 Å². The maximum Gasteiger partial charge on any atom is 0.0658 e. The minimum absolute atomic E-state index is 0.315. The molecule has 1 N–H and O–H groups in total. The molecule has 0 spiro atoms. The standard InChI is InChI=1S/C11H18O/c1-10(12)6-7-4-3-5-8-9(10)11(7,8)2/h7-9,12H,3-6H2,1-2H3/t7?,8-,9-,10+,11+/m1/s1. The Hall–Kier alpha value is -0.0400. The van der Waals surface area contributed by atoms with Gasteiger partial charge in [0.25, 0.3) is 0 Å². The second-order valence-electron chi connectivity index (χ2n) is 5.64. The van der Waals surface area contributed by atoms with E-state index in [0.717, 1.165) is 18.3 Å². The Labute approximate surface area is 74.2 Å². The third-order valence-electron chi connectivity index (χ3n) is 5.04. The lowest BCUT2D eigenvalue weighted by Crippen LogP contribution is -2.28. The Kier molecular flexibility index (Phi) is 1.07. The summed E-state index contributed by atoms with van der Waals surface area (Å²) in [4.78, 5) is 0. The van der Waals surface area contributed by atoms with Crippen molar-refractivity contribution in [2.75, 3.05) is 0 Å². The van der Waals surface area contributed by atoms with Gasteiger partial charge in [0, 0.05) is 0 Å². The topological polar surface area (TPSA) is 20.2 Å². The van der Waals surface area contributed by atoms with E-state index in [1.165, 1.54) is 19.3 Å². The van der Waals surface area contributed by atoms with Crippen LogP contribution in [-0.2, 0) is 0 Å². The molecule has 0 heterocycles. The van der Waals surface area contributed by atoms with E-state index in [4.69, 9.17) is 0 Å². The molecule has 12 heavy (non-hydrogen) atoms. The molecule has 0 aliphatic heterocycles. The maximum absolute atomic E-state index is 10.2. The highest BCUT2D eigenvalue weighted by molar-refractivity contribution is 5.24. The average Bonchev–Trinajstić information content (AvgIpc) is 2.48. The van der Waals surface area contributed by atoms with Crippen LogP contribution in [0.1, 0.15) is 39.5 Å². The molecule has 0 aromatic heterocycles. The van der Waals surface area contributed by atoms with Gasteiger partial charge in [-0.15, -0.1) is 0 Å². The van der Waals surface area contributed by atoms with E-state index in [9.17, 15) is 5.11 Å². The van der Waals surface area contributed by atoms with Gasteiger partial charge in [-0.2, -0.15) is 0 Å². The maximum atomic E-state index is 10.2. The van der Waals surface area contributed by atoms with Gasteiger partial charge in [0.05, 0.1) is 5.60 Å². The Morgan fingerprint density at radius 2 is 2.00 bits per heavy atom. The molecule has 1 unspecified atom stereocenters. The van der Waals surface area contributed by atoms with E-state index in [1.54, 1.807) is 0 Å². The fourth-order valence-corrected chi connectivity index (χ4v) is 4.60. The van der Waals surface area contributed by atoms with Crippen molar-refractivity contribution in [2.45, 2.75) is 45.1 Å². The van der Waals surface area contributed by atoms with Crippen molar-refractivity contribution in [3.05, 3.63) is 0 Å². The summed E-state index contributed by atoms with van der Waals surface area (Å²) in [5.41, 5.74) is 0.242. The second kappa shape index (κ2) is 1.75. The highest BCUT2D eigenvalue weighted by Gasteiger charge is 2.75. The Morgan fingerprint density at radius 1 is 1.25 bits per heavy atom. The van der Waals surface area contributed by atoms with Gasteiger partial charge in [0.2, 0.25) is 0 Å². The first-order valence-electron chi connectivity index (χ1n) is 5.29. The highest BCUT2D eigenvalue weighted by atomic mass is 16.3. The fourth-order valence-electron chi connectivity index (χ4n) is 4.60. The monoisotopic (exact) mass is 166 g/mol. The van der Waals surface area contributed by atoms with Crippen LogP contribution in [0, 0.1) is 23.2 Å².